The summed E-state index contributed by atoms with van der Waals surface area (Å²) in [6, 6.07) is 11.9. The van der Waals surface area contributed by atoms with E-state index < -0.39 is 12.0 Å². The van der Waals surface area contributed by atoms with Crippen molar-refractivity contribution in [1.82, 2.24) is 4.98 Å². The number of aryl methyl sites for hydroxylation is 1. The van der Waals surface area contributed by atoms with Gasteiger partial charge in [0.25, 0.3) is 0 Å². The van der Waals surface area contributed by atoms with E-state index in [9.17, 15) is 14.4 Å². The van der Waals surface area contributed by atoms with Gasteiger partial charge in [0.15, 0.2) is 18.2 Å². The number of hydrogen-bond acceptors (Lipinski definition) is 4. The predicted octanol–water partition coefficient (Wildman–Crippen LogP) is 3.38. The number of hydrogen-bond donors (Lipinski definition) is 1. The van der Waals surface area contributed by atoms with E-state index in [4.69, 9.17) is 4.74 Å². The van der Waals surface area contributed by atoms with E-state index in [1.165, 1.54) is 7.11 Å². The number of ether oxygens (including phenoxy) is 1. The minimum atomic E-state index is -0.516. The molecule has 0 saturated heterocycles. The minimum absolute atomic E-state index is 0.0738. The first kappa shape index (κ1) is 20.2. The number of nitrogens with one attached hydrogen (secondary N) is 1. The second kappa shape index (κ2) is 8.22. The Morgan fingerprint density at radius 3 is 2.14 bits per heavy atom. The van der Waals surface area contributed by atoms with E-state index in [0.717, 1.165) is 0 Å². The lowest BCUT2D eigenvalue weighted by atomic mass is 10.0. The van der Waals surface area contributed by atoms with Crippen molar-refractivity contribution in [2.75, 3.05) is 7.11 Å². The molecule has 2 heterocycles. The minimum Gasteiger partial charge on any atom is -0.465 e. The molecular formula is C23H23N2O4+. The van der Waals surface area contributed by atoms with Crippen LogP contribution in [0.25, 0.3) is 0 Å². The number of aromatic nitrogens is 2. The summed E-state index contributed by atoms with van der Waals surface area (Å²) in [5.74, 6) is -0.706. The number of esters is 1. The summed E-state index contributed by atoms with van der Waals surface area (Å²) in [5.41, 5.74) is 3.10. The Balaban J connectivity index is 1.84. The Labute approximate surface area is 169 Å². The molecule has 0 amide bonds. The topological polar surface area (TPSA) is 80.1 Å². The number of Topliss-reactive ketones (excluding diaryl/α,β-unsaturated/α-hetero) is 1. The molecule has 1 atom stereocenters. The van der Waals surface area contributed by atoms with Gasteiger partial charge in [-0.1, -0.05) is 30.3 Å². The molecule has 3 aromatic rings. The first-order valence-electron chi connectivity index (χ1n) is 9.27. The van der Waals surface area contributed by atoms with Gasteiger partial charge in [-0.2, -0.15) is 4.57 Å². The molecule has 1 aromatic carbocycles. The third-order valence-corrected chi connectivity index (χ3v) is 5.05. The molecule has 0 radical (unpaired) electrons. The summed E-state index contributed by atoms with van der Waals surface area (Å²) in [6.07, 6.45) is 3.43. The van der Waals surface area contributed by atoms with E-state index >= 15 is 0 Å². The number of rotatable bonds is 6. The second-order valence-electron chi connectivity index (χ2n) is 6.89. The van der Waals surface area contributed by atoms with Crippen LogP contribution in [-0.4, -0.2) is 29.6 Å². The SMILES string of the molecule is COC(=O)c1c(C)[nH]c(C(=O)[C@H](C)[n+]2ccc(C(=O)c3ccccc3)cc2)c1C. The normalized spacial score (nSPS) is 11.7. The van der Waals surface area contributed by atoms with Gasteiger partial charge in [0.2, 0.25) is 11.8 Å². The Morgan fingerprint density at radius 1 is 0.966 bits per heavy atom. The van der Waals surface area contributed by atoms with Crippen molar-refractivity contribution in [2.45, 2.75) is 26.8 Å². The molecule has 6 heteroatoms. The summed E-state index contributed by atoms with van der Waals surface area (Å²) in [7, 11) is 1.31. The zero-order valence-electron chi connectivity index (χ0n) is 16.9. The number of aromatic amines is 1. The quantitative estimate of drug-likeness (QED) is 0.397. The van der Waals surface area contributed by atoms with Crippen LogP contribution in [-0.2, 0) is 4.74 Å². The highest BCUT2D eigenvalue weighted by Crippen LogP contribution is 2.21. The number of methoxy groups -OCH3 is 1. The van der Waals surface area contributed by atoms with Crippen molar-refractivity contribution < 1.29 is 23.7 Å². The molecule has 148 valence electrons. The monoisotopic (exact) mass is 391 g/mol. The number of pyridine rings is 1. The van der Waals surface area contributed by atoms with E-state index in [1.54, 1.807) is 62.0 Å². The molecular weight excluding hydrogens is 368 g/mol. The fraction of sp³-hybridized carbons (Fsp3) is 0.217. The Morgan fingerprint density at radius 2 is 1.55 bits per heavy atom. The van der Waals surface area contributed by atoms with E-state index in [2.05, 4.69) is 4.98 Å². The summed E-state index contributed by atoms with van der Waals surface area (Å²) < 4.78 is 6.53. The summed E-state index contributed by atoms with van der Waals surface area (Å²) in [6.45, 7) is 5.23. The van der Waals surface area contributed by atoms with Crippen molar-refractivity contribution in [1.29, 1.82) is 0 Å². The summed E-state index contributed by atoms with van der Waals surface area (Å²) in [4.78, 5) is 40.5. The Bertz CT molecular complexity index is 1070. The van der Waals surface area contributed by atoms with Gasteiger partial charge in [-0.15, -0.1) is 0 Å². The molecule has 29 heavy (non-hydrogen) atoms. The molecule has 0 unspecified atom stereocenters. The van der Waals surface area contributed by atoms with Crippen LogP contribution in [0.4, 0.5) is 0 Å². The number of carbonyl (C=O) groups excluding carboxylic acids is 3. The van der Waals surface area contributed by atoms with Crippen LogP contribution in [0.5, 0.6) is 0 Å². The van der Waals surface area contributed by atoms with Gasteiger partial charge in [-0.3, -0.25) is 9.59 Å². The van der Waals surface area contributed by atoms with Gasteiger partial charge in [-0.25, -0.2) is 4.79 Å². The van der Waals surface area contributed by atoms with Crippen LogP contribution >= 0.6 is 0 Å². The number of nitrogens with zero attached hydrogens (tertiary/aromatic N) is 1. The standard InChI is InChI=1S/C23H22N2O4/c1-14-19(23(28)29-4)15(2)24-20(14)21(26)16(3)25-12-10-18(11-13-25)22(27)17-8-6-5-7-9-17/h5-13,16H,1-4H3/p+1/t16-/m0/s1. The predicted molar refractivity (Wildman–Crippen MR) is 107 cm³/mol. The van der Waals surface area contributed by atoms with E-state index in [-0.39, 0.29) is 11.6 Å². The lowest BCUT2D eigenvalue weighted by molar-refractivity contribution is -0.704. The van der Waals surface area contributed by atoms with Gasteiger partial charge in [0.1, 0.15) is 0 Å². The maximum atomic E-state index is 13.0. The lowest BCUT2D eigenvalue weighted by Crippen LogP contribution is -2.42. The third kappa shape index (κ3) is 3.87. The van der Waals surface area contributed by atoms with Gasteiger partial charge in [0, 0.05) is 35.9 Å². The van der Waals surface area contributed by atoms with Crippen molar-refractivity contribution >= 4 is 17.5 Å². The fourth-order valence-corrected chi connectivity index (χ4v) is 3.35. The molecule has 6 nitrogen and oxygen atoms in total. The molecule has 0 aliphatic heterocycles. The maximum absolute atomic E-state index is 13.0. The number of H-pyrrole nitrogens is 1. The molecule has 0 aliphatic rings. The van der Waals surface area contributed by atoms with Gasteiger partial charge in [0.05, 0.1) is 18.4 Å². The van der Waals surface area contributed by atoms with Gasteiger partial charge in [-0.05, 0) is 19.4 Å². The molecule has 0 saturated carbocycles. The maximum Gasteiger partial charge on any atom is 0.339 e. The lowest BCUT2D eigenvalue weighted by Gasteiger charge is -2.07. The van der Waals surface area contributed by atoms with Crippen molar-refractivity contribution in [3.05, 3.63) is 88.5 Å². The molecule has 0 spiro atoms. The zero-order valence-corrected chi connectivity index (χ0v) is 16.9. The van der Waals surface area contributed by atoms with E-state index in [1.807, 2.05) is 18.2 Å². The molecule has 2 aromatic heterocycles. The Hall–Kier alpha value is -3.54. The number of benzene rings is 1. The second-order valence-corrected chi connectivity index (χ2v) is 6.89. The Kier molecular flexibility index (Phi) is 5.73. The molecule has 3 rings (SSSR count). The average Bonchev–Trinajstić information content (AvgIpc) is 3.06. The smallest absolute Gasteiger partial charge is 0.339 e. The van der Waals surface area contributed by atoms with Gasteiger partial charge >= 0.3 is 5.97 Å². The average molecular weight is 391 g/mol. The van der Waals surface area contributed by atoms with Crippen molar-refractivity contribution in [2.24, 2.45) is 0 Å². The van der Waals surface area contributed by atoms with Gasteiger partial charge < -0.3 is 9.72 Å². The highest BCUT2D eigenvalue weighted by atomic mass is 16.5. The zero-order chi connectivity index (χ0) is 21.1. The highest BCUT2D eigenvalue weighted by molar-refractivity contribution is 6.08. The van der Waals surface area contributed by atoms with Crippen molar-refractivity contribution in [3.63, 3.8) is 0 Å². The largest absolute Gasteiger partial charge is 0.465 e. The van der Waals surface area contributed by atoms with Crippen LogP contribution in [0.1, 0.15) is 61.0 Å². The van der Waals surface area contributed by atoms with Crippen LogP contribution < -0.4 is 4.57 Å². The first-order chi connectivity index (χ1) is 13.8. The third-order valence-electron chi connectivity index (χ3n) is 5.05. The van der Waals surface area contributed by atoms with Crippen LogP contribution in [0.15, 0.2) is 54.9 Å². The number of ketones is 2. The molecule has 0 bridgehead atoms. The van der Waals surface area contributed by atoms with Crippen LogP contribution in [0.3, 0.4) is 0 Å². The van der Waals surface area contributed by atoms with Crippen LogP contribution in [0.2, 0.25) is 0 Å². The number of carbonyl (C=O) groups is 3. The highest BCUT2D eigenvalue weighted by Gasteiger charge is 2.30. The summed E-state index contributed by atoms with van der Waals surface area (Å²) in [5, 5.41) is 0. The molecule has 0 fully saturated rings. The fourth-order valence-electron chi connectivity index (χ4n) is 3.35. The summed E-state index contributed by atoms with van der Waals surface area (Å²) >= 11 is 0. The van der Waals surface area contributed by atoms with Crippen molar-refractivity contribution in [3.8, 4) is 0 Å². The van der Waals surface area contributed by atoms with E-state index in [0.29, 0.717) is 33.6 Å². The molecule has 1 N–H and O–H groups in total. The van der Waals surface area contributed by atoms with Crippen LogP contribution in [0, 0.1) is 13.8 Å². The first-order valence-corrected chi connectivity index (χ1v) is 9.27. The molecule has 0 aliphatic carbocycles.